The highest BCUT2D eigenvalue weighted by atomic mass is 79.9. The molecule has 0 atom stereocenters. The van der Waals surface area contributed by atoms with Gasteiger partial charge in [0.15, 0.2) is 0 Å². The van der Waals surface area contributed by atoms with Gasteiger partial charge in [0.25, 0.3) is 5.91 Å². The average molecular weight is 372 g/mol. The first kappa shape index (κ1) is 15.4. The fourth-order valence-electron chi connectivity index (χ4n) is 2.01. The van der Waals surface area contributed by atoms with E-state index in [2.05, 4.69) is 31.4 Å². The summed E-state index contributed by atoms with van der Waals surface area (Å²) in [6.45, 7) is 2.21. The number of benzene rings is 2. The lowest BCUT2D eigenvalue weighted by Gasteiger charge is -2.02. The Balaban J connectivity index is 1.64. The SMILES string of the molecule is Cc1ccc(-c2noc(CNC(=O)c3ccc(Br)cc3)n2)cc1. The van der Waals surface area contributed by atoms with Crippen LogP contribution >= 0.6 is 15.9 Å². The van der Waals surface area contributed by atoms with Crippen LogP contribution in [0.1, 0.15) is 21.8 Å². The first-order valence-electron chi connectivity index (χ1n) is 7.05. The van der Waals surface area contributed by atoms with Crippen LogP contribution in [0.25, 0.3) is 11.4 Å². The van der Waals surface area contributed by atoms with Crippen LogP contribution in [0.3, 0.4) is 0 Å². The minimum Gasteiger partial charge on any atom is -0.343 e. The van der Waals surface area contributed by atoms with Gasteiger partial charge in [0.05, 0.1) is 6.54 Å². The molecule has 0 spiro atoms. The highest BCUT2D eigenvalue weighted by molar-refractivity contribution is 9.10. The Morgan fingerprint density at radius 1 is 1.13 bits per heavy atom. The fourth-order valence-corrected chi connectivity index (χ4v) is 2.27. The number of aryl methyl sites for hydroxylation is 1. The molecule has 1 heterocycles. The predicted octanol–water partition coefficient (Wildman–Crippen LogP) is 3.74. The molecule has 0 aliphatic carbocycles. The van der Waals surface area contributed by atoms with Crippen LogP contribution < -0.4 is 5.32 Å². The molecule has 0 bridgehead atoms. The lowest BCUT2D eigenvalue weighted by molar-refractivity contribution is 0.0946. The second-order valence-electron chi connectivity index (χ2n) is 5.07. The third-order valence-corrected chi connectivity index (χ3v) is 3.81. The molecule has 0 unspecified atom stereocenters. The summed E-state index contributed by atoms with van der Waals surface area (Å²) in [5.74, 6) is 0.691. The van der Waals surface area contributed by atoms with Gasteiger partial charge in [-0.25, -0.2) is 0 Å². The molecule has 5 nitrogen and oxygen atoms in total. The smallest absolute Gasteiger partial charge is 0.251 e. The Hall–Kier alpha value is -2.47. The van der Waals surface area contributed by atoms with Crippen molar-refractivity contribution in [2.75, 3.05) is 0 Å². The second-order valence-corrected chi connectivity index (χ2v) is 5.98. The molecular formula is C17H14BrN3O2. The van der Waals surface area contributed by atoms with Crippen molar-refractivity contribution in [2.45, 2.75) is 13.5 Å². The number of carbonyl (C=O) groups is 1. The summed E-state index contributed by atoms with van der Waals surface area (Å²) in [4.78, 5) is 16.3. The summed E-state index contributed by atoms with van der Waals surface area (Å²) in [5, 5.41) is 6.69. The molecule has 3 aromatic rings. The number of nitrogens with zero attached hydrogens (tertiary/aromatic N) is 2. The normalized spacial score (nSPS) is 10.5. The van der Waals surface area contributed by atoms with E-state index in [1.165, 1.54) is 5.56 Å². The van der Waals surface area contributed by atoms with Gasteiger partial charge in [0.2, 0.25) is 11.7 Å². The number of amides is 1. The molecule has 0 saturated heterocycles. The molecule has 1 aromatic heterocycles. The van der Waals surface area contributed by atoms with Crippen LogP contribution in [0.2, 0.25) is 0 Å². The lowest BCUT2D eigenvalue weighted by atomic mass is 10.1. The fraction of sp³-hybridized carbons (Fsp3) is 0.118. The molecule has 0 fully saturated rings. The van der Waals surface area contributed by atoms with Gasteiger partial charge < -0.3 is 9.84 Å². The van der Waals surface area contributed by atoms with Crippen LogP contribution in [0.15, 0.2) is 57.5 Å². The van der Waals surface area contributed by atoms with E-state index in [0.29, 0.717) is 17.3 Å². The maximum atomic E-state index is 12.0. The summed E-state index contributed by atoms with van der Waals surface area (Å²) < 4.78 is 6.10. The third kappa shape index (κ3) is 3.84. The average Bonchev–Trinajstić information content (AvgIpc) is 3.03. The monoisotopic (exact) mass is 371 g/mol. The molecule has 0 radical (unpaired) electrons. The van der Waals surface area contributed by atoms with Crippen molar-refractivity contribution in [1.29, 1.82) is 0 Å². The maximum absolute atomic E-state index is 12.0. The third-order valence-electron chi connectivity index (χ3n) is 3.28. The maximum Gasteiger partial charge on any atom is 0.251 e. The standard InChI is InChI=1S/C17H14BrN3O2/c1-11-2-4-12(5-3-11)16-20-15(23-21-16)10-19-17(22)13-6-8-14(18)9-7-13/h2-9H,10H2,1H3,(H,19,22). The first-order valence-corrected chi connectivity index (χ1v) is 7.84. The van der Waals surface area contributed by atoms with Crippen LogP contribution in [0, 0.1) is 6.92 Å². The van der Waals surface area contributed by atoms with Crippen molar-refractivity contribution in [1.82, 2.24) is 15.5 Å². The van der Waals surface area contributed by atoms with Crippen molar-refractivity contribution >= 4 is 21.8 Å². The summed E-state index contributed by atoms with van der Waals surface area (Å²) >= 11 is 3.33. The molecule has 0 saturated carbocycles. The van der Waals surface area contributed by atoms with E-state index in [4.69, 9.17) is 4.52 Å². The van der Waals surface area contributed by atoms with Gasteiger partial charge in [0, 0.05) is 15.6 Å². The van der Waals surface area contributed by atoms with E-state index in [0.717, 1.165) is 10.0 Å². The van der Waals surface area contributed by atoms with Crippen molar-refractivity contribution in [3.05, 3.63) is 70.0 Å². The highest BCUT2D eigenvalue weighted by Gasteiger charge is 2.10. The minimum atomic E-state index is -0.187. The highest BCUT2D eigenvalue weighted by Crippen LogP contribution is 2.16. The summed E-state index contributed by atoms with van der Waals surface area (Å²) in [6, 6.07) is 15.0. The van der Waals surface area contributed by atoms with Gasteiger partial charge in [-0.2, -0.15) is 4.98 Å². The van der Waals surface area contributed by atoms with Crippen molar-refractivity contribution in [2.24, 2.45) is 0 Å². The van der Waals surface area contributed by atoms with Gasteiger partial charge in [-0.3, -0.25) is 4.79 Å². The minimum absolute atomic E-state index is 0.187. The van der Waals surface area contributed by atoms with Gasteiger partial charge in [-0.1, -0.05) is 50.9 Å². The van der Waals surface area contributed by atoms with Crippen molar-refractivity contribution in [3.8, 4) is 11.4 Å². The Kier molecular flexibility index (Phi) is 4.52. The number of hydrogen-bond acceptors (Lipinski definition) is 4. The number of nitrogens with one attached hydrogen (secondary N) is 1. The van der Waals surface area contributed by atoms with Crippen molar-refractivity contribution < 1.29 is 9.32 Å². The number of hydrogen-bond donors (Lipinski definition) is 1. The molecular weight excluding hydrogens is 358 g/mol. The van der Waals surface area contributed by atoms with Crippen LogP contribution in [-0.2, 0) is 6.54 Å². The van der Waals surface area contributed by atoms with Gasteiger partial charge in [-0.05, 0) is 31.2 Å². The Morgan fingerprint density at radius 2 is 1.83 bits per heavy atom. The van der Waals surface area contributed by atoms with E-state index in [9.17, 15) is 4.79 Å². The van der Waals surface area contributed by atoms with E-state index in [1.807, 2.05) is 43.3 Å². The van der Waals surface area contributed by atoms with E-state index in [-0.39, 0.29) is 12.5 Å². The Bertz CT molecular complexity index is 811. The van der Waals surface area contributed by atoms with Gasteiger partial charge in [0.1, 0.15) is 0 Å². The van der Waals surface area contributed by atoms with Gasteiger partial charge >= 0.3 is 0 Å². The number of carbonyl (C=O) groups excluding carboxylic acids is 1. The first-order chi connectivity index (χ1) is 11.1. The number of aromatic nitrogens is 2. The molecule has 2 aromatic carbocycles. The van der Waals surface area contributed by atoms with Gasteiger partial charge in [-0.15, -0.1) is 0 Å². The zero-order valence-electron chi connectivity index (χ0n) is 12.4. The van der Waals surface area contributed by atoms with Crippen LogP contribution in [0.4, 0.5) is 0 Å². The van der Waals surface area contributed by atoms with Crippen molar-refractivity contribution in [3.63, 3.8) is 0 Å². The lowest BCUT2D eigenvalue weighted by Crippen LogP contribution is -2.22. The number of halogens is 1. The van der Waals surface area contributed by atoms with E-state index < -0.39 is 0 Å². The molecule has 23 heavy (non-hydrogen) atoms. The molecule has 6 heteroatoms. The van der Waals surface area contributed by atoms with Crippen LogP contribution in [0.5, 0.6) is 0 Å². The molecule has 1 amide bonds. The van der Waals surface area contributed by atoms with Crippen LogP contribution in [-0.4, -0.2) is 16.0 Å². The topological polar surface area (TPSA) is 68.0 Å². The Labute approximate surface area is 141 Å². The summed E-state index contributed by atoms with van der Waals surface area (Å²) in [7, 11) is 0. The summed E-state index contributed by atoms with van der Waals surface area (Å²) in [6.07, 6.45) is 0. The number of rotatable bonds is 4. The molecule has 3 rings (SSSR count). The molecule has 116 valence electrons. The predicted molar refractivity (Wildman–Crippen MR) is 89.8 cm³/mol. The second kappa shape index (κ2) is 6.75. The van der Waals surface area contributed by atoms with E-state index >= 15 is 0 Å². The quantitative estimate of drug-likeness (QED) is 0.758. The largest absolute Gasteiger partial charge is 0.343 e. The molecule has 1 N–H and O–H groups in total. The zero-order valence-corrected chi connectivity index (χ0v) is 14.0. The molecule has 0 aliphatic rings. The zero-order chi connectivity index (χ0) is 16.2. The summed E-state index contributed by atoms with van der Waals surface area (Å²) in [5.41, 5.74) is 2.62. The Morgan fingerprint density at radius 3 is 2.52 bits per heavy atom. The van der Waals surface area contributed by atoms with E-state index in [1.54, 1.807) is 12.1 Å². The molecule has 0 aliphatic heterocycles.